The predicted molar refractivity (Wildman–Crippen MR) is 76.4 cm³/mol. The number of aliphatic hydroxyl groups is 1. The summed E-state index contributed by atoms with van der Waals surface area (Å²) in [6.45, 7) is 0.465. The topological polar surface area (TPSA) is 104 Å². The van der Waals surface area contributed by atoms with Crippen LogP contribution in [0.2, 0.25) is 0 Å². The lowest BCUT2D eigenvalue weighted by molar-refractivity contribution is -0.125. The minimum Gasteiger partial charge on any atom is -0.391 e. The van der Waals surface area contributed by atoms with Crippen LogP contribution in [0.3, 0.4) is 0 Å². The van der Waals surface area contributed by atoms with Crippen molar-refractivity contribution in [2.45, 2.75) is 50.8 Å². The van der Waals surface area contributed by atoms with Gasteiger partial charge in [0.25, 0.3) is 0 Å². The maximum absolute atomic E-state index is 12.0. The molecule has 0 aromatic carbocycles. The molecule has 0 radical (unpaired) electrons. The van der Waals surface area contributed by atoms with Crippen LogP contribution in [0.4, 0.5) is 0 Å². The standard InChI is InChI=1S/C13H20N4O2.ClH/c14-9-4-7(5-12(9)18)13(19)15-6-11-8-2-1-3-10(8)16-17-11;/h7,9,12,18H,1-6,14H2,(H,15,19)(H,16,17);1H/t7-,9-,12-;/m0./s1. The molecule has 0 saturated heterocycles. The first-order valence-electron chi connectivity index (χ1n) is 6.91. The van der Waals surface area contributed by atoms with Gasteiger partial charge in [0.15, 0.2) is 0 Å². The highest BCUT2D eigenvalue weighted by molar-refractivity contribution is 5.85. The first-order chi connectivity index (χ1) is 9.15. The maximum atomic E-state index is 12.0. The van der Waals surface area contributed by atoms with Crippen LogP contribution >= 0.6 is 12.4 Å². The van der Waals surface area contributed by atoms with E-state index in [1.54, 1.807) is 0 Å². The van der Waals surface area contributed by atoms with Gasteiger partial charge in [-0.1, -0.05) is 0 Å². The summed E-state index contributed by atoms with van der Waals surface area (Å²) < 4.78 is 0. The van der Waals surface area contributed by atoms with Crippen LogP contribution in [0.25, 0.3) is 0 Å². The zero-order chi connectivity index (χ0) is 13.4. The lowest BCUT2D eigenvalue weighted by Gasteiger charge is -2.09. The molecule has 112 valence electrons. The number of amides is 1. The van der Waals surface area contributed by atoms with E-state index in [4.69, 9.17) is 5.73 Å². The molecule has 0 bridgehead atoms. The van der Waals surface area contributed by atoms with E-state index in [1.165, 1.54) is 11.3 Å². The summed E-state index contributed by atoms with van der Waals surface area (Å²) >= 11 is 0. The Bertz CT molecular complexity index is 481. The molecule has 0 aliphatic heterocycles. The summed E-state index contributed by atoms with van der Waals surface area (Å²) in [5.74, 6) is -0.196. The van der Waals surface area contributed by atoms with Crippen LogP contribution in [-0.4, -0.2) is 33.4 Å². The molecule has 0 unspecified atom stereocenters. The molecule has 3 atom stereocenters. The molecule has 5 N–H and O–H groups in total. The van der Waals surface area contributed by atoms with Crippen LogP contribution in [0.15, 0.2) is 0 Å². The van der Waals surface area contributed by atoms with E-state index in [0.29, 0.717) is 19.4 Å². The Labute approximate surface area is 123 Å². The summed E-state index contributed by atoms with van der Waals surface area (Å²) in [4.78, 5) is 12.0. The van der Waals surface area contributed by atoms with Crippen molar-refractivity contribution in [2.24, 2.45) is 11.7 Å². The van der Waals surface area contributed by atoms with Crippen LogP contribution in [-0.2, 0) is 24.2 Å². The molecule has 3 rings (SSSR count). The highest BCUT2D eigenvalue weighted by Gasteiger charge is 2.34. The molecule has 0 spiro atoms. The average molecular weight is 301 g/mol. The smallest absolute Gasteiger partial charge is 0.223 e. The highest BCUT2D eigenvalue weighted by Crippen LogP contribution is 2.25. The minimum atomic E-state index is -0.551. The van der Waals surface area contributed by atoms with Crippen molar-refractivity contribution < 1.29 is 9.90 Å². The fourth-order valence-corrected chi connectivity index (χ4v) is 3.11. The largest absolute Gasteiger partial charge is 0.391 e. The molecule has 7 heteroatoms. The second-order valence-corrected chi connectivity index (χ2v) is 5.60. The molecule has 1 heterocycles. The van der Waals surface area contributed by atoms with Gasteiger partial charge in [-0.25, -0.2) is 0 Å². The number of nitrogens with two attached hydrogens (primary N) is 1. The van der Waals surface area contributed by atoms with Crippen molar-refractivity contribution >= 4 is 18.3 Å². The monoisotopic (exact) mass is 300 g/mol. The van der Waals surface area contributed by atoms with Gasteiger partial charge in [0, 0.05) is 17.7 Å². The number of carbonyl (C=O) groups excluding carboxylic acids is 1. The number of fused-ring (bicyclic) bond motifs is 1. The van der Waals surface area contributed by atoms with Crippen LogP contribution < -0.4 is 11.1 Å². The minimum absolute atomic E-state index is 0. The molecular formula is C13H21ClN4O2. The lowest BCUT2D eigenvalue weighted by Crippen LogP contribution is -2.30. The lowest BCUT2D eigenvalue weighted by atomic mass is 10.1. The van der Waals surface area contributed by atoms with E-state index in [9.17, 15) is 9.90 Å². The number of aryl methyl sites for hydroxylation is 1. The third-order valence-corrected chi connectivity index (χ3v) is 4.27. The van der Waals surface area contributed by atoms with E-state index < -0.39 is 6.10 Å². The summed E-state index contributed by atoms with van der Waals surface area (Å²) in [5.41, 5.74) is 9.15. The Morgan fingerprint density at radius 2 is 2.25 bits per heavy atom. The van der Waals surface area contributed by atoms with Crippen molar-refractivity contribution in [3.63, 3.8) is 0 Å². The zero-order valence-electron chi connectivity index (χ0n) is 11.3. The fourth-order valence-electron chi connectivity index (χ4n) is 3.11. The number of H-pyrrole nitrogens is 1. The average Bonchev–Trinajstić information content (AvgIpc) is 3.04. The zero-order valence-corrected chi connectivity index (χ0v) is 12.1. The third kappa shape index (κ3) is 2.82. The molecule has 20 heavy (non-hydrogen) atoms. The summed E-state index contributed by atoms with van der Waals surface area (Å²) in [6.07, 6.45) is 3.74. The van der Waals surface area contributed by atoms with Crippen LogP contribution in [0, 0.1) is 5.92 Å². The van der Waals surface area contributed by atoms with Gasteiger partial charge >= 0.3 is 0 Å². The molecule has 6 nitrogen and oxygen atoms in total. The number of rotatable bonds is 3. The van der Waals surface area contributed by atoms with Gasteiger partial charge in [0.05, 0.1) is 18.3 Å². The van der Waals surface area contributed by atoms with Gasteiger partial charge in [-0.3, -0.25) is 9.89 Å². The Kier molecular flexibility index (Phi) is 4.67. The number of aliphatic hydroxyl groups excluding tert-OH is 1. The van der Waals surface area contributed by atoms with E-state index in [2.05, 4.69) is 15.5 Å². The van der Waals surface area contributed by atoms with E-state index >= 15 is 0 Å². The van der Waals surface area contributed by atoms with E-state index in [1.807, 2.05) is 0 Å². The number of hydrogen-bond donors (Lipinski definition) is 4. The quantitative estimate of drug-likeness (QED) is 0.632. The van der Waals surface area contributed by atoms with Crippen molar-refractivity contribution in [2.75, 3.05) is 0 Å². The first-order valence-corrected chi connectivity index (χ1v) is 6.91. The Morgan fingerprint density at radius 3 is 2.95 bits per heavy atom. The molecule has 1 amide bonds. The molecule has 1 saturated carbocycles. The van der Waals surface area contributed by atoms with Gasteiger partial charge in [0.1, 0.15) is 0 Å². The third-order valence-electron chi connectivity index (χ3n) is 4.27. The summed E-state index contributed by atoms with van der Waals surface area (Å²) in [6, 6.07) is -0.273. The van der Waals surface area contributed by atoms with Gasteiger partial charge in [-0.2, -0.15) is 5.10 Å². The number of nitrogens with zero attached hydrogens (tertiary/aromatic N) is 1. The van der Waals surface area contributed by atoms with Crippen LogP contribution in [0.1, 0.15) is 36.2 Å². The number of halogens is 1. The number of nitrogens with one attached hydrogen (secondary N) is 2. The fraction of sp³-hybridized carbons (Fsp3) is 0.692. The molecular weight excluding hydrogens is 280 g/mol. The first kappa shape index (κ1) is 15.3. The number of aromatic amines is 1. The molecule has 2 aliphatic rings. The van der Waals surface area contributed by atoms with E-state index in [0.717, 1.165) is 25.0 Å². The highest BCUT2D eigenvalue weighted by atomic mass is 35.5. The Balaban J connectivity index is 0.00000147. The number of hydrogen-bond acceptors (Lipinski definition) is 4. The molecule has 2 aliphatic carbocycles. The summed E-state index contributed by atoms with van der Waals surface area (Å²) in [7, 11) is 0. The van der Waals surface area contributed by atoms with Gasteiger partial charge in [-0.05, 0) is 37.7 Å². The second-order valence-electron chi connectivity index (χ2n) is 5.60. The van der Waals surface area contributed by atoms with Crippen molar-refractivity contribution in [3.05, 3.63) is 17.0 Å². The molecule has 1 aromatic heterocycles. The van der Waals surface area contributed by atoms with Crippen LogP contribution in [0.5, 0.6) is 0 Å². The maximum Gasteiger partial charge on any atom is 0.223 e. The van der Waals surface area contributed by atoms with Crippen molar-refractivity contribution in [1.29, 1.82) is 0 Å². The molecule has 1 fully saturated rings. The van der Waals surface area contributed by atoms with Crippen molar-refractivity contribution in [3.8, 4) is 0 Å². The van der Waals surface area contributed by atoms with Gasteiger partial charge < -0.3 is 16.2 Å². The Hall–Kier alpha value is -1.11. The van der Waals surface area contributed by atoms with Gasteiger partial charge in [0.2, 0.25) is 5.91 Å². The number of carbonyl (C=O) groups is 1. The molecule has 1 aromatic rings. The van der Waals surface area contributed by atoms with Gasteiger partial charge in [-0.15, -0.1) is 12.4 Å². The summed E-state index contributed by atoms with van der Waals surface area (Å²) in [5, 5.41) is 19.8. The van der Waals surface area contributed by atoms with Crippen molar-refractivity contribution in [1.82, 2.24) is 15.5 Å². The Morgan fingerprint density at radius 1 is 1.45 bits per heavy atom. The predicted octanol–water partition coefficient (Wildman–Crippen LogP) is 0.0346. The second kappa shape index (κ2) is 6.11. The SMILES string of the molecule is Cl.N[C@H]1C[C@H](C(=O)NCc2n[nH]c3c2CCC3)C[C@@H]1O. The van der Waals surface area contributed by atoms with E-state index in [-0.39, 0.29) is 30.3 Å². The number of aromatic nitrogens is 2. The normalized spacial score (nSPS) is 28.0.